The second kappa shape index (κ2) is 2.44. The van der Waals surface area contributed by atoms with Gasteiger partial charge in [0.05, 0.1) is 25.2 Å². The van der Waals surface area contributed by atoms with Gasteiger partial charge < -0.3 is 0 Å². The van der Waals surface area contributed by atoms with Gasteiger partial charge in [0, 0.05) is 5.88 Å². The first-order chi connectivity index (χ1) is 5.18. The maximum atomic E-state index is 11.2. The Hall–Kier alpha value is 0.400. The fourth-order valence-electron chi connectivity index (χ4n) is 1.00. The van der Waals surface area contributed by atoms with Crippen LogP contribution in [0.5, 0.6) is 0 Å². The first-order valence-corrected chi connectivity index (χ1v) is 5.27. The third-order valence-corrected chi connectivity index (χ3v) is 3.77. The molecule has 0 aromatic heterocycles. The van der Waals surface area contributed by atoms with Gasteiger partial charge in [0.1, 0.15) is 0 Å². The van der Waals surface area contributed by atoms with Crippen LogP contribution in [0, 0.1) is 5.41 Å². The zero-order valence-electron chi connectivity index (χ0n) is 5.79. The van der Waals surface area contributed by atoms with Crippen LogP contribution in [-0.4, -0.2) is 25.7 Å². The van der Waals surface area contributed by atoms with Crippen molar-refractivity contribution in [2.45, 2.75) is 0 Å². The number of fused-ring (bicyclic) bond motifs is 3. The average molecular weight is 199 g/mol. The molecule has 0 radical (unpaired) electrons. The molecule has 0 spiro atoms. The molecule has 0 amide bonds. The van der Waals surface area contributed by atoms with Crippen LogP contribution in [0.3, 0.4) is 0 Å². The highest BCUT2D eigenvalue weighted by atomic mass is 35.5. The van der Waals surface area contributed by atoms with Crippen molar-refractivity contribution >= 4 is 19.4 Å². The van der Waals surface area contributed by atoms with E-state index in [1.165, 1.54) is 0 Å². The van der Waals surface area contributed by atoms with Crippen LogP contribution in [0.15, 0.2) is 0 Å². The summed E-state index contributed by atoms with van der Waals surface area (Å²) in [5.74, 6) is 0.410. The van der Waals surface area contributed by atoms with Gasteiger partial charge in [0.25, 0.3) is 0 Å². The van der Waals surface area contributed by atoms with E-state index in [0.717, 1.165) is 0 Å². The van der Waals surface area contributed by atoms with Crippen molar-refractivity contribution in [3.05, 3.63) is 0 Å². The number of hydrogen-bond donors (Lipinski definition) is 0. The Morgan fingerprint density at radius 1 is 1.27 bits per heavy atom. The van der Waals surface area contributed by atoms with Crippen molar-refractivity contribution in [2.75, 3.05) is 25.7 Å². The van der Waals surface area contributed by atoms with Crippen molar-refractivity contribution in [1.29, 1.82) is 0 Å². The van der Waals surface area contributed by atoms with E-state index in [-0.39, 0.29) is 5.41 Å². The van der Waals surface area contributed by atoms with Gasteiger partial charge in [0.2, 0.25) is 0 Å². The van der Waals surface area contributed by atoms with Crippen LogP contribution in [0.1, 0.15) is 0 Å². The zero-order chi connectivity index (χ0) is 7.95. The van der Waals surface area contributed by atoms with Crippen molar-refractivity contribution in [3.8, 4) is 0 Å². The highest BCUT2D eigenvalue weighted by Gasteiger charge is 2.49. The summed E-state index contributed by atoms with van der Waals surface area (Å²) in [6, 6.07) is 0. The largest absolute Gasteiger partial charge is 0.474 e. The summed E-state index contributed by atoms with van der Waals surface area (Å²) in [6.07, 6.45) is 0. The summed E-state index contributed by atoms with van der Waals surface area (Å²) in [7, 11) is -3.14. The molecule has 11 heavy (non-hydrogen) atoms. The van der Waals surface area contributed by atoms with Gasteiger partial charge in [-0.15, -0.1) is 11.6 Å². The Labute approximate surface area is 69.4 Å². The molecular weight excluding hydrogens is 190 g/mol. The van der Waals surface area contributed by atoms with E-state index in [9.17, 15) is 4.57 Å². The first-order valence-electron chi connectivity index (χ1n) is 3.28. The average Bonchev–Trinajstić information content (AvgIpc) is 2.07. The molecule has 4 nitrogen and oxygen atoms in total. The Balaban J connectivity index is 2.18. The minimum atomic E-state index is -3.14. The summed E-state index contributed by atoms with van der Waals surface area (Å²) < 4.78 is 25.8. The van der Waals surface area contributed by atoms with Crippen LogP contribution in [0.2, 0.25) is 0 Å². The maximum Gasteiger partial charge on any atom is 0.474 e. The van der Waals surface area contributed by atoms with E-state index in [4.69, 9.17) is 25.2 Å². The fourth-order valence-corrected chi connectivity index (χ4v) is 2.75. The second-order valence-corrected chi connectivity index (χ2v) is 4.84. The summed E-state index contributed by atoms with van der Waals surface area (Å²) >= 11 is 5.68. The molecule has 6 heteroatoms. The number of phosphoric ester groups is 1. The van der Waals surface area contributed by atoms with Gasteiger partial charge in [-0.2, -0.15) is 0 Å². The third kappa shape index (κ3) is 1.23. The molecule has 0 unspecified atom stereocenters. The van der Waals surface area contributed by atoms with Crippen LogP contribution in [0.4, 0.5) is 0 Å². The molecule has 64 valence electrons. The molecule has 0 atom stereocenters. The smallest absolute Gasteiger partial charge is 0.286 e. The topological polar surface area (TPSA) is 44.8 Å². The van der Waals surface area contributed by atoms with E-state index >= 15 is 0 Å². The summed E-state index contributed by atoms with van der Waals surface area (Å²) in [5, 5.41) is 0. The summed E-state index contributed by atoms with van der Waals surface area (Å²) in [5.41, 5.74) is -0.270. The highest BCUT2D eigenvalue weighted by Crippen LogP contribution is 2.60. The summed E-state index contributed by atoms with van der Waals surface area (Å²) in [4.78, 5) is 0. The molecule has 3 aliphatic heterocycles. The van der Waals surface area contributed by atoms with Crippen LogP contribution in [-0.2, 0) is 18.1 Å². The lowest BCUT2D eigenvalue weighted by Gasteiger charge is -2.42. The maximum absolute atomic E-state index is 11.2. The molecule has 3 fully saturated rings. The van der Waals surface area contributed by atoms with Gasteiger partial charge in [0.15, 0.2) is 0 Å². The molecule has 0 saturated carbocycles. The second-order valence-electron chi connectivity index (χ2n) is 2.90. The SMILES string of the molecule is O=P12OCC(CCl)(CO1)CO2. The molecular formula is C5H8ClO4P. The van der Waals surface area contributed by atoms with E-state index in [2.05, 4.69) is 0 Å². The molecule has 3 saturated heterocycles. The fraction of sp³-hybridized carbons (Fsp3) is 1.00. The standard InChI is InChI=1S/C5H8ClO4P/c6-1-5-2-8-11(7,9-3-5)10-4-5/h1-4H2. The first kappa shape index (κ1) is 8.02. The quantitative estimate of drug-likeness (QED) is 0.472. The van der Waals surface area contributed by atoms with Crippen molar-refractivity contribution < 1.29 is 18.1 Å². The van der Waals surface area contributed by atoms with Crippen molar-refractivity contribution in [1.82, 2.24) is 0 Å². The van der Waals surface area contributed by atoms with E-state index < -0.39 is 7.82 Å². The third-order valence-electron chi connectivity index (χ3n) is 1.87. The lowest BCUT2D eigenvalue weighted by Crippen LogP contribution is -2.45. The van der Waals surface area contributed by atoms with Crippen molar-refractivity contribution in [3.63, 3.8) is 0 Å². The van der Waals surface area contributed by atoms with Crippen LogP contribution >= 0.6 is 19.4 Å². The van der Waals surface area contributed by atoms with Gasteiger partial charge in [-0.05, 0) is 0 Å². The number of rotatable bonds is 1. The lowest BCUT2D eigenvalue weighted by molar-refractivity contribution is -0.0821. The number of halogens is 1. The van der Waals surface area contributed by atoms with E-state index in [0.29, 0.717) is 25.7 Å². The van der Waals surface area contributed by atoms with E-state index in [1.807, 2.05) is 0 Å². The van der Waals surface area contributed by atoms with Gasteiger partial charge in [-0.25, -0.2) is 4.57 Å². The summed E-state index contributed by atoms with van der Waals surface area (Å²) in [6.45, 7) is 1.15. The van der Waals surface area contributed by atoms with Gasteiger partial charge in [-0.1, -0.05) is 0 Å². The monoisotopic (exact) mass is 198 g/mol. The molecule has 3 aliphatic rings. The predicted molar refractivity (Wildman–Crippen MR) is 38.6 cm³/mol. The van der Waals surface area contributed by atoms with Crippen LogP contribution < -0.4 is 0 Å². The molecule has 0 N–H and O–H groups in total. The predicted octanol–water partition coefficient (Wildman–Crippen LogP) is 1.40. The van der Waals surface area contributed by atoms with E-state index in [1.54, 1.807) is 0 Å². The van der Waals surface area contributed by atoms with Crippen LogP contribution in [0.25, 0.3) is 0 Å². The zero-order valence-corrected chi connectivity index (χ0v) is 7.44. The molecule has 2 bridgehead atoms. The highest BCUT2D eigenvalue weighted by molar-refractivity contribution is 7.48. The van der Waals surface area contributed by atoms with Crippen molar-refractivity contribution in [2.24, 2.45) is 5.41 Å². The molecule has 0 aromatic rings. The minimum Gasteiger partial charge on any atom is -0.286 e. The van der Waals surface area contributed by atoms with Gasteiger partial charge >= 0.3 is 7.82 Å². The Morgan fingerprint density at radius 3 is 2.09 bits per heavy atom. The normalized spacial score (nSPS) is 49.5. The Bertz CT molecular complexity index is 187. The number of alkyl halides is 1. The molecule has 3 rings (SSSR count). The number of phosphoric acid groups is 1. The molecule has 0 aliphatic carbocycles. The minimum absolute atomic E-state index is 0.270. The lowest BCUT2D eigenvalue weighted by atomic mass is 9.94. The molecule has 0 aromatic carbocycles. The Morgan fingerprint density at radius 2 is 1.73 bits per heavy atom. The Kier molecular flexibility index (Phi) is 1.78. The van der Waals surface area contributed by atoms with Gasteiger partial charge in [-0.3, -0.25) is 13.6 Å². The number of hydrogen-bond acceptors (Lipinski definition) is 4. The molecule has 3 heterocycles.